The van der Waals surface area contributed by atoms with Crippen molar-refractivity contribution < 1.29 is 8.42 Å². The van der Waals surface area contributed by atoms with Crippen molar-refractivity contribution in [3.8, 4) is 0 Å². The lowest BCUT2D eigenvalue weighted by Gasteiger charge is -2.26. The van der Waals surface area contributed by atoms with E-state index >= 15 is 0 Å². The van der Waals surface area contributed by atoms with E-state index in [0.717, 1.165) is 0 Å². The standard InChI is InChI=1S/C15H24N4O3S.ClH/c1-5-15(16,6-2)10-17-23(21,22)11-7-8-12-13(9-11)19(4)14(20)18(12)3;/h7-9,17H,5-6,10,16H2,1-4H3;1H. The molecule has 3 N–H and O–H groups in total. The summed E-state index contributed by atoms with van der Waals surface area (Å²) in [7, 11) is -0.406. The molecule has 136 valence electrons. The highest BCUT2D eigenvalue weighted by atomic mass is 35.5. The number of aryl methyl sites for hydroxylation is 2. The van der Waals surface area contributed by atoms with Gasteiger partial charge in [0, 0.05) is 26.2 Å². The van der Waals surface area contributed by atoms with Crippen LogP contribution in [0.15, 0.2) is 27.9 Å². The molecule has 0 radical (unpaired) electrons. The van der Waals surface area contributed by atoms with Crippen LogP contribution in [0, 0.1) is 0 Å². The molecule has 0 amide bonds. The van der Waals surface area contributed by atoms with Crippen LogP contribution in [-0.4, -0.2) is 29.6 Å². The number of fused-ring (bicyclic) bond motifs is 1. The van der Waals surface area contributed by atoms with Crippen molar-refractivity contribution in [3.63, 3.8) is 0 Å². The molecular weight excluding hydrogens is 352 g/mol. The van der Waals surface area contributed by atoms with Crippen LogP contribution >= 0.6 is 12.4 Å². The topological polar surface area (TPSA) is 99.1 Å². The van der Waals surface area contributed by atoms with Crippen molar-refractivity contribution >= 4 is 33.5 Å². The fourth-order valence-corrected chi connectivity index (χ4v) is 3.63. The van der Waals surface area contributed by atoms with Crippen molar-refractivity contribution in [2.24, 2.45) is 19.8 Å². The van der Waals surface area contributed by atoms with Gasteiger partial charge in [0.15, 0.2) is 0 Å². The van der Waals surface area contributed by atoms with E-state index in [-0.39, 0.29) is 29.5 Å². The van der Waals surface area contributed by atoms with Crippen LogP contribution < -0.4 is 16.1 Å². The number of sulfonamides is 1. The molecule has 0 bridgehead atoms. The molecule has 7 nitrogen and oxygen atoms in total. The Morgan fingerprint density at radius 3 is 2.21 bits per heavy atom. The van der Waals surface area contributed by atoms with E-state index in [1.165, 1.54) is 21.3 Å². The van der Waals surface area contributed by atoms with Gasteiger partial charge in [-0.05, 0) is 31.0 Å². The van der Waals surface area contributed by atoms with Crippen molar-refractivity contribution in [2.75, 3.05) is 6.54 Å². The first-order valence-electron chi connectivity index (χ1n) is 7.59. The van der Waals surface area contributed by atoms with Gasteiger partial charge in [0.25, 0.3) is 0 Å². The molecule has 24 heavy (non-hydrogen) atoms. The maximum atomic E-state index is 12.5. The molecule has 0 unspecified atom stereocenters. The third kappa shape index (κ3) is 3.66. The Morgan fingerprint density at radius 2 is 1.67 bits per heavy atom. The van der Waals surface area contributed by atoms with E-state index < -0.39 is 15.6 Å². The zero-order valence-corrected chi connectivity index (χ0v) is 16.0. The highest BCUT2D eigenvalue weighted by molar-refractivity contribution is 7.89. The van der Waals surface area contributed by atoms with Crippen LogP contribution in [-0.2, 0) is 24.1 Å². The number of nitrogens with zero attached hydrogens (tertiary/aromatic N) is 2. The minimum atomic E-state index is -3.68. The SMILES string of the molecule is CCC(N)(CC)CNS(=O)(=O)c1ccc2c(c1)n(C)c(=O)n2C.Cl. The second-order valence-corrected chi connectivity index (χ2v) is 7.71. The smallest absolute Gasteiger partial charge is 0.324 e. The van der Waals surface area contributed by atoms with Gasteiger partial charge >= 0.3 is 5.69 Å². The van der Waals surface area contributed by atoms with Crippen LogP contribution in [0.2, 0.25) is 0 Å². The third-order valence-electron chi connectivity index (χ3n) is 4.58. The largest absolute Gasteiger partial charge is 0.328 e. The Morgan fingerprint density at radius 1 is 1.12 bits per heavy atom. The van der Waals surface area contributed by atoms with Gasteiger partial charge in [-0.1, -0.05) is 13.8 Å². The summed E-state index contributed by atoms with van der Waals surface area (Å²) in [6.45, 7) is 4.04. The van der Waals surface area contributed by atoms with E-state index in [2.05, 4.69) is 4.72 Å². The van der Waals surface area contributed by atoms with Gasteiger partial charge in [-0.3, -0.25) is 9.13 Å². The number of nitrogens with two attached hydrogens (primary N) is 1. The van der Waals surface area contributed by atoms with Gasteiger partial charge in [0.2, 0.25) is 10.0 Å². The average molecular weight is 377 g/mol. The lowest BCUT2D eigenvalue weighted by molar-refractivity contribution is 0.392. The molecule has 0 aliphatic carbocycles. The van der Waals surface area contributed by atoms with Crippen molar-refractivity contribution in [2.45, 2.75) is 37.1 Å². The molecule has 0 fully saturated rings. The summed E-state index contributed by atoms with van der Waals surface area (Å²) in [4.78, 5) is 12.1. The Hall–Kier alpha value is -1.35. The van der Waals surface area contributed by atoms with E-state index in [0.29, 0.717) is 23.9 Å². The lowest BCUT2D eigenvalue weighted by Crippen LogP contribution is -2.49. The Labute approximate surface area is 148 Å². The van der Waals surface area contributed by atoms with E-state index in [4.69, 9.17) is 5.73 Å². The first-order valence-corrected chi connectivity index (χ1v) is 9.07. The van der Waals surface area contributed by atoms with E-state index in [9.17, 15) is 13.2 Å². The summed E-state index contributed by atoms with van der Waals surface area (Å²) < 4.78 is 30.5. The minimum Gasteiger partial charge on any atom is -0.324 e. The zero-order chi connectivity index (χ0) is 17.4. The van der Waals surface area contributed by atoms with Gasteiger partial charge < -0.3 is 5.73 Å². The molecule has 0 saturated heterocycles. The fourth-order valence-electron chi connectivity index (χ4n) is 2.48. The maximum absolute atomic E-state index is 12.5. The van der Waals surface area contributed by atoms with Gasteiger partial charge in [0.05, 0.1) is 15.9 Å². The summed E-state index contributed by atoms with van der Waals surface area (Å²) in [5, 5.41) is 0. The molecule has 0 saturated carbocycles. The van der Waals surface area contributed by atoms with E-state index in [1.807, 2.05) is 13.8 Å². The number of aromatic nitrogens is 2. The Bertz CT molecular complexity index is 882. The second kappa shape index (κ2) is 7.26. The first kappa shape index (κ1) is 20.7. The Kier molecular flexibility index (Phi) is 6.26. The maximum Gasteiger partial charge on any atom is 0.328 e. The number of benzene rings is 1. The van der Waals surface area contributed by atoms with Gasteiger partial charge in [0.1, 0.15) is 0 Å². The molecule has 9 heteroatoms. The number of imidazole rings is 1. The predicted octanol–water partition coefficient (Wildman–Crippen LogP) is 1.09. The molecule has 2 rings (SSSR count). The molecule has 0 spiro atoms. The number of halogens is 1. The normalized spacial score (nSPS) is 12.4. The van der Waals surface area contributed by atoms with Crippen molar-refractivity contribution in [1.29, 1.82) is 0 Å². The molecule has 0 atom stereocenters. The number of rotatable bonds is 6. The molecule has 0 aliphatic heterocycles. The number of hydrogen-bond acceptors (Lipinski definition) is 4. The minimum absolute atomic E-state index is 0. The fraction of sp³-hybridized carbons (Fsp3) is 0.533. The van der Waals surface area contributed by atoms with Crippen molar-refractivity contribution in [1.82, 2.24) is 13.9 Å². The monoisotopic (exact) mass is 376 g/mol. The van der Waals surface area contributed by atoms with Gasteiger partial charge in [-0.2, -0.15) is 0 Å². The van der Waals surface area contributed by atoms with Crippen molar-refractivity contribution in [3.05, 3.63) is 28.7 Å². The van der Waals surface area contributed by atoms with Crippen LogP contribution in [0.3, 0.4) is 0 Å². The quantitative estimate of drug-likeness (QED) is 0.788. The van der Waals surface area contributed by atoms with E-state index in [1.54, 1.807) is 20.2 Å². The van der Waals surface area contributed by atoms with Crippen LogP contribution in [0.25, 0.3) is 11.0 Å². The lowest BCUT2D eigenvalue weighted by atomic mass is 9.95. The molecule has 0 aliphatic rings. The summed E-state index contributed by atoms with van der Waals surface area (Å²) in [6.07, 6.45) is 1.36. The average Bonchev–Trinajstić information content (AvgIpc) is 2.77. The number of hydrogen-bond donors (Lipinski definition) is 2. The zero-order valence-electron chi connectivity index (χ0n) is 14.4. The Balaban J connectivity index is 0.00000288. The highest BCUT2D eigenvalue weighted by Crippen LogP contribution is 2.18. The molecule has 2 aromatic rings. The van der Waals surface area contributed by atoms with Gasteiger partial charge in [-0.15, -0.1) is 12.4 Å². The molecule has 1 aromatic carbocycles. The van der Waals surface area contributed by atoms with Crippen LogP contribution in [0.4, 0.5) is 0 Å². The predicted molar refractivity (Wildman–Crippen MR) is 98.1 cm³/mol. The summed E-state index contributed by atoms with van der Waals surface area (Å²) in [5.41, 5.74) is 6.65. The summed E-state index contributed by atoms with van der Waals surface area (Å²) >= 11 is 0. The highest BCUT2D eigenvalue weighted by Gasteiger charge is 2.24. The summed E-state index contributed by atoms with van der Waals surface area (Å²) in [5.74, 6) is 0. The first-order chi connectivity index (χ1) is 10.6. The van der Waals surface area contributed by atoms with Crippen LogP contribution in [0.5, 0.6) is 0 Å². The van der Waals surface area contributed by atoms with Gasteiger partial charge in [-0.25, -0.2) is 17.9 Å². The second-order valence-electron chi connectivity index (χ2n) is 5.95. The summed E-state index contributed by atoms with van der Waals surface area (Å²) in [6, 6.07) is 4.65. The molecule has 1 heterocycles. The third-order valence-corrected chi connectivity index (χ3v) is 5.98. The molecule has 1 aromatic heterocycles. The van der Waals surface area contributed by atoms with Crippen LogP contribution in [0.1, 0.15) is 26.7 Å². The number of nitrogens with one attached hydrogen (secondary N) is 1. The molecular formula is C15H25ClN4O3S.